The number of benzene rings is 1. The molecular formula is C16H24N2O. The van der Waals surface area contributed by atoms with Crippen molar-refractivity contribution in [3.8, 4) is 0 Å². The summed E-state index contributed by atoms with van der Waals surface area (Å²) in [6, 6.07) is 8.40. The van der Waals surface area contributed by atoms with Crippen molar-refractivity contribution in [3.63, 3.8) is 0 Å². The molecule has 1 aliphatic heterocycles. The standard InChI is InChI=1S/C16H24N2O/c1-15(7-2-10-19-12-15)18-11-16(8-9-16)13-3-5-14(17)6-4-13/h3-6,18H,2,7-12,17H2,1H3. The third-order valence-corrected chi connectivity index (χ3v) is 4.67. The topological polar surface area (TPSA) is 47.3 Å². The summed E-state index contributed by atoms with van der Waals surface area (Å²) in [6.45, 7) is 5.09. The number of nitrogens with two attached hydrogens (primary N) is 1. The minimum Gasteiger partial charge on any atom is -0.399 e. The summed E-state index contributed by atoms with van der Waals surface area (Å²) in [5, 5.41) is 3.76. The van der Waals surface area contributed by atoms with Crippen LogP contribution in [0.3, 0.4) is 0 Å². The van der Waals surface area contributed by atoms with Gasteiger partial charge in [0, 0.05) is 29.8 Å². The first-order valence-corrected chi connectivity index (χ1v) is 7.31. The Morgan fingerprint density at radius 1 is 1.21 bits per heavy atom. The first kappa shape index (κ1) is 12.9. The zero-order chi connectivity index (χ0) is 13.3. The van der Waals surface area contributed by atoms with Gasteiger partial charge in [-0.2, -0.15) is 0 Å². The molecule has 1 atom stereocenters. The van der Waals surface area contributed by atoms with Gasteiger partial charge in [-0.1, -0.05) is 12.1 Å². The number of nitrogen functional groups attached to an aromatic ring is 1. The summed E-state index contributed by atoms with van der Waals surface area (Å²) in [6.07, 6.45) is 4.94. The van der Waals surface area contributed by atoms with E-state index in [4.69, 9.17) is 10.5 Å². The molecule has 1 saturated carbocycles. The minimum atomic E-state index is 0.154. The van der Waals surface area contributed by atoms with Crippen LogP contribution in [-0.4, -0.2) is 25.3 Å². The van der Waals surface area contributed by atoms with E-state index in [1.54, 1.807) is 0 Å². The first-order valence-electron chi connectivity index (χ1n) is 7.31. The van der Waals surface area contributed by atoms with Crippen molar-refractivity contribution in [3.05, 3.63) is 29.8 Å². The smallest absolute Gasteiger partial charge is 0.0645 e. The van der Waals surface area contributed by atoms with Crippen molar-refractivity contribution in [2.24, 2.45) is 0 Å². The molecule has 2 aliphatic rings. The van der Waals surface area contributed by atoms with Crippen molar-refractivity contribution in [2.75, 3.05) is 25.5 Å². The third-order valence-electron chi connectivity index (χ3n) is 4.67. The number of ether oxygens (including phenoxy) is 1. The number of hydrogen-bond acceptors (Lipinski definition) is 3. The Bertz CT molecular complexity index is 431. The molecule has 0 bridgehead atoms. The molecule has 3 nitrogen and oxygen atoms in total. The highest BCUT2D eigenvalue weighted by Gasteiger charge is 2.45. The van der Waals surface area contributed by atoms with Crippen molar-refractivity contribution < 1.29 is 4.74 Å². The van der Waals surface area contributed by atoms with Crippen molar-refractivity contribution >= 4 is 5.69 Å². The van der Waals surface area contributed by atoms with Gasteiger partial charge in [0.1, 0.15) is 0 Å². The molecule has 1 aromatic carbocycles. The molecular weight excluding hydrogens is 236 g/mol. The molecule has 1 aliphatic carbocycles. The molecule has 3 rings (SSSR count). The maximum absolute atomic E-state index is 5.77. The van der Waals surface area contributed by atoms with E-state index in [1.807, 2.05) is 12.1 Å². The average Bonchev–Trinajstić information content (AvgIpc) is 3.20. The second-order valence-electron chi connectivity index (χ2n) is 6.47. The van der Waals surface area contributed by atoms with Crippen LogP contribution in [0.5, 0.6) is 0 Å². The second-order valence-corrected chi connectivity index (χ2v) is 6.47. The van der Waals surface area contributed by atoms with E-state index in [0.29, 0.717) is 5.41 Å². The first-order chi connectivity index (χ1) is 9.12. The summed E-state index contributed by atoms with van der Waals surface area (Å²) < 4.78 is 5.61. The predicted molar refractivity (Wildman–Crippen MR) is 78.2 cm³/mol. The molecule has 0 radical (unpaired) electrons. The molecule has 3 heteroatoms. The van der Waals surface area contributed by atoms with Crippen molar-refractivity contribution in [1.29, 1.82) is 0 Å². The Morgan fingerprint density at radius 3 is 2.53 bits per heavy atom. The van der Waals surface area contributed by atoms with Crippen molar-refractivity contribution in [1.82, 2.24) is 5.32 Å². The lowest BCUT2D eigenvalue weighted by atomic mass is 9.91. The van der Waals surface area contributed by atoms with Crippen molar-refractivity contribution in [2.45, 2.75) is 43.6 Å². The molecule has 1 unspecified atom stereocenters. The molecule has 19 heavy (non-hydrogen) atoms. The molecule has 0 amide bonds. The molecule has 3 N–H and O–H groups in total. The van der Waals surface area contributed by atoms with E-state index in [0.717, 1.165) is 25.4 Å². The Labute approximate surface area is 115 Å². The van der Waals surface area contributed by atoms with Crippen LogP contribution in [0, 0.1) is 0 Å². The van der Waals surface area contributed by atoms with Crippen LogP contribution < -0.4 is 11.1 Å². The Balaban J connectivity index is 1.64. The zero-order valence-electron chi connectivity index (χ0n) is 11.7. The zero-order valence-corrected chi connectivity index (χ0v) is 11.7. The number of hydrogen-bond donors (Lipinski definition) is 2. The van der Waals surface area contributed by atoms with Gasteiger partial charge in [-0.25, -0.2) is 0 Å². The van der Waals surface area contributed by atoms with Crippen LogP contribution in [0.4, 0.5) is 5.69 Å². The van der Waals surface area contributed by atoms with Gasteiger partial charge in [0.05, 0.1) is 6.61 Å². The van der Waals surface area contributed by atoms with Gasteiger partial charge < -0.3 is 15.8 Å². The van der Waals surface area contributed by atoms with E-state index < -0.39 is 0 Å². The van der Waals surface area contributed by atoms with E-state index in [1.165, 1.54) is 31.2 Å². The van der Waals surface area contributed by atoms with Gasteiger partial charge in [0.25, 0.3) is 0 Å². The molecule has 1 aromatic rings. The highest BCUT2D eigenvalue weighted by molar-refractivity contribution is 5.43. The van der Waals surface area contributed by atoms with Crippen LogP contribution in [0.25, 0.3) is 0 Å². The predicted octanol–water partition coefficient (Wildman–Crippen LogP) is 2.46. The van der Waals surface area contributed by atoms with Gasteiger partial charge in [-0.15, -0.1) is 0 Å². The van der Waals surface area contributed by atoms with Crippen LogP contribution >= 0.6 is 0 Å². The highest BCUT2D eigenvalue weighted by atomic mass is 16.5. The molecule has 1 saturated heterocycles. The fourth-order valence-electron chi connectivity index (χ4n) is 3.01. The van der Waals surface area contributed by atoms with E-state index in [2.05, 4.69) is 24.4 Å². The number of anilines is 1. The summed E-state index contributed by atoms with van der Waals surface area (Å²) in [5.74, 6) is 0. The summed E-state index contributed by atoms with van der Waals surface area (Å²) in [7, 11) is 0. The number of nitrogens with one attached hydrogen (secondary N) is 1. The Morgan fingerprint density at radius 2 is 1.95 bits per heavy atom. The second kappa shape index (κ2) is 4.80. The molecule has 104 valence electrons. The fourth-order valence-corrected chi connectivity index (χ4v) is 3.01. The maximum atomic E-state index is 5.77. The maximum Gasteiger partial charge on any atom is 0.0645 e. The largest absolute Gasteiger partial charge is 0.399 e. The lowest BCUT2D eigenvalue weighted by molar-refractivity contribution is 0.0276. The average molecular weight is 260 g/mol. The van der Waals surface area contributed by atoms with Gasteiger partial charge >= 0.3 is 0 Å². The van der Waals surface area contributed by atoms with Crippen LogP contribution in [-0.2, 0) is 10.2 Å². The SMILES string of the molecule is CC1(NCC2(c3ccc(N)cc3)CC2)CCCOC1. The van der Waals surface area contributed by atoms with Crippen LogP contribution in [0.2, 0.25) is 0 Å². The molecule has 0 spiro atoms. The van der Waals surface area contributed by atoms with E-state index in [-0.39, 0.29) is 5.54 Å². The van der Waals surface area contributed by atoms with E-state index in [9.17, 15) is 0 Å². The van der Waals surface area contributed by atoms with E-state index >= 15 is 0 Å². The van der Waals surface area contributed by atoms with Crippen LogP contribution in [0.15, 0.2) is 24.3 Å². The van der Waals surface area contributed by atoms with Gasteiger partial charge in [0.15, 0.2) is 0 Å². The quantitative estimate of drug-likeness (QED) is 0.818. The number of rotatable bonds is 4. The summed E-state index contributed by atoms with van der Waals surface area (Å²) in [4.78, 5) is 0. The highest BCUT2D eigenvalue weighted by Crippen LogP contribution is 2.48. The summed E-state index contributed by atoms with van der Waals surface area (Å²) in [5.41, 5.74) is 8.54. The van der Waals surface area contributed by atoms with Gasteiger partial charge in [-0.05, 0) is 50.3 Å². The molecule has 1 heterocycles. The summed E-state index contributed by atoms with van der Waals surface area (Å²) >= 11 is 0. The third kappa shape index (κ3) is 2.77. The lowest BCUT2D eigenvalue weighted by Crippen LogP contribution is -2.51. The molecule has 2 fully saturated rings. The minimum absolute atomic E-state index is 0.154. The Hall–Kier alpha value is -1.06. The fraction of sp³-hybridized carbons (Fsp3) is 0.625. The van der Waals surface area contributed by atoms with Gasteiger partial charge in [-0.3, -0.25) is 0 Å². The van der Waals surface area contributed by atoms with Gasteiger partial charge in [0.2, 0.25) is 0 Å². The molecule has 0 aromatic heterocycles. The lowest BCUT2D eigenvalue weighted by Gasteiger charge is -2.36. The Kier molecular flexibility index (Phi) is 3.27. The normalized spacial score (nSPS) is 29.1. The monoisotopic (exact) mass is 260 g/mol. The van der Waals surface area contributed by atoms with Crippen LogP contribution in [0.1, 0.15) is 38.2 Å².